The number of benzene rings is 1. The van der Waals surface area contributed by atoms with Crippen molar-refractivity contribution in [1.82, 2.24) is 0 Å². The van der Waals surface area contributed by atoms with Crippen molar-refractivity contribution >= 4 is 17.9 Å². The first-order valence-corrected chi connectivity index (χ1v) is 8.56. The van der Waals surface area contributed by atoms with Gasteiger partial charge in [0, 0.05) is 12.5 Å². The highest BCUT2D eigenvalue weighted by Crippen LogP contribution is 2.18. The van der Waals surface area contributed by atoms with Gasteiger partial charge in [-0.15, -0.1) is 0 Å². The molecule has 2 fully saturated rings. The Morgan fingerprint density at radius 2 is 1.67 bits per heavy atom. The zero-order valence-electron chi connectivity index (χ0n) is 14.7. The van der Waals surface area contributed by atoms with Crippen molar-refractivity contribution in [3.8, 4) is 0 Å². The molecule has 2 atom stereocenters. The predicted molar refractivity (Wildman–Crippen MR) is 91.3 cm³/mol. The van der Waals surface area contributed by atoms with E-state index >= 15 is 0 Å². The average Bonchev–Trinajstić information content (AvgIpc) is 3.58. The topological polar surface area (TPSA) is 104 Å². The summed E-state index contributed by atoms with van der Waals surface area (Å²) in [5.41, 5.74) is 1.11. The molecule has 3 rings (SSSR count). The molecular weight excluding hydrogens is 356 g/mol. The lowest BCUT2D eigenvalue weighted by atomic mass is 10.0. The van der Waals surface area contributed by atoms with E-state index in [1.807, 2.05) is 0 Å². The molecule has 0 bridgehead atoms. The van der Waals surface area contributed by atoms with E-state index in [9.17, 15) is 14.4 Å². The van der Waals surface area contributed by atoms with Gasteiger partial charge in [0.1, 0.15) is 25.4 Å². The standard InChI is InChI=1S/C19H20O8/c1-2-17(20)23-6-5-12-7-13(18(21)26-10-14-8-24-14)3-4-16(12)19(22)27-11-15-9-25-15/h2-4,7,14-15H,1,5-6,8-11H2. The third-order valence-electron chi connectivity index (χ3n) is 3.95. The van der Waals surface area contributed by atoms with Gasteiger partial charge in [-0.25, -0.2) is 14.4 Å². The fourth-order valence-electron chi connectivity index (χ4n) is 2.27. The number of hydrogen-bond donors (Lipinski definition) is 0. The molecule has 0 N–H and O–H groups in total. The lowest BCUT2D eigenvalue weighted by molar-refractivity contribution is -0.137. The lowest BCUT2D eigenvalue weighted by Crippen LogP contribution is -2.16. The first-order valence-electron chi connectivity index (χ1n) is 8.56. The van der Waals surface area contributed by atoms with Gasteiger partial charge < -0.3 is 23.7 Å². The molecule has 0 saturated carbocycles. The highest BCUT2D eigenvalue weighted by atomic mass is 16.6. The molecule has 0 amide bonds. The summed E-state index contributed by atoms with van der Waals surface area (Å²) >= 11 is 0. The second kappa shape index (κ2) is 8.79. The third-order valence-corrected chi connectivity index (χ3v) is 3.95. The molecule has 2 aliphatic heterocycles. The van der Waals surface area contributed by atoms with Gasteiger partial charge >= 0.3 is 17.9 Å². The smallest absolute Gasteiger partial charge is 0.338 e. The number of hydrogen-bond acceptors (Lipinski definition) is 8. The molecule has 2 aliphatic rings. The van der Waals surface area contributed by atoms with Crippen molar-refractivity contribution in [2.24, 2.45) is 0 Å². The number of rotatable bonds is 10. The molecule has 0 aromatic heterocycles. The second-order valence-corrected chi connectivity index (χ2v) is 6.10. The van der Waals surface area contributed by atoms with Crippen LogP contribution < -0.4 is 0 Å². The van der Waals surface area contributed by atoms with Gasteiger partial charge in [0.15, 0.2) is 0 Å². The Bertz CT molecular complexity index is 733. The molecule has 1 aromatic carbocycles. The maximum atomic E-state index is 12.3. The molecule has 0 radical (unpaired) electrons. The highest BCUT2D eigenvalue weighted by molar-refractivity contribution is 5.95. The molecule has 8 nitrogen and oxygen atoms in total. The van der Waals surface area contributed by atoms with Crippen LogP contribution in [0.15, 0.2) is 30.9 Å². The van der Waals surface area contributed by atoms with Crippen LogP contribution in [-0.2, 0) is 34.9 Å². The van der Waals surface area contributed by atoms with Gasteiger partial charge in [-0.2, -0.15) is 0 Å². The van der Waals surface area contributed by atoms with E-state index in [-0.39, 0.29) is 38.4 Å². The first-order chi connectivity index (χ1) is 13.1. The van der Waals surface area contributed by atoms with Crippen LogP contribution in [0.3, 0.4) is 0 Å². The largest absolute Gasteiger partial charge is 0.462 e. The summed E-state index contributed by atoms with van der Waals surface area (Å²) < 4.78 is 25.3. The molecule has 1 aromatic rings. The first kappa shape index (κ1) is 19.1. The Hall–Kier alpha value is -2.71. The molecule has 2 saturated heterocycles. The maximum Gasteiger partial charge on any atom is 0.338 e. The molecule has 0 aliphatic carbocycles. The lowest BCUT2D eigenvalue weighted by Gasteiger charge is -2.11. The average molecular weight is 376 g/mol. The van der Waals surface area contributed by atoms with Gasteiger partial charge in [0.25, 0.3) is 0 Å². The van der Waals surface area contributed by atoms with Crippen molar-refractivity contribution in [1.29, 1.82) is 0 Å². The monoisotopic (exact) mass is 376 g/mol. The van der Waals surface area contributed by atoms with E-state index < -0.39 is 17.9 Å². The van der Waals surface area contributed by atoms with Crippen LogP contribution in [0, 0.1) is 0 Å². The number of carbonyl (C=O) groups is 3. The Morgan fingerprint density at radius 1 is 1.04 bits per heavy atom. The van der Waals surface area contributed by atoms with Crippen molar-refractivity contribution in [3.63, 3.8) is 0 Å². The summed E-state index contributed by atoms with van der Waals surface area (Å²) in [5, 5.41) is 0. The minimum atomic E-state index is -0.565. The van der Waals surface area contributed by atoms with Crippen LogP contribution in [0.1, 0.15) is 26.3 Å². The number of esters is 3. The van der Waals surface area contributed by atoms with Gasteiger partial charge in [-0.1, -0.05) is 6.58 Å². The molecule has 144 valence electrons. The Balaban J connectivity index is 1.68. The molecule has 2 unspecified atom stereocenters. The van der Waals surface area contributed by atoms with Crippen molar-refractivity contribution < 1.29 is 38.1 Å². The molecule has 8 heteroatoms. The number of epoxide rings is 2. The number of ether oxygens (including phenoxy) is 5. The van der Waals surface area contributed by atoms with Gasteiger partial charge in [0.2, 0.25) is 0 Å². The van der Waals surface area contributed by atoms with Crippen LogP contribution in [0.4, 0.5) is 0 Å². The number of carbonyl (C=O) groups excluding carboxylic acids is 3. The minimum Gasteiger partial charge on any atom is -0.462 e. The predicted octanol–water partition coefficient (Wildman–Crippen LogP) is 1.07. The van der Waals surface area contributed by atoms with E-state index in [2.05, 4.69) is 6.58 Å². The van der Waals surface area contributed by atoms with E-state index in [0.717, 1.165) is 6.08 Å². The van der Waals surface area contributed by atoms with E-state index in [4.69, 9.17) is 23.7 Å². The van der Waals surface area contributed by atoms with Gasteiger partial charge in [0.05, 0.1) is 30.9 Å². The van der Waals surface area contributed by atoms with Gasteiger partial charge in [-0.05, 0) is 23.8 Å². The third kappa shape index (κ3) is 5.90. The van der Waals surface area contributed by atoms with Crippen LogP contribution in [0.2, 0.25) is 0 Å². The second-order valence-electron chi connectivity index (χ2n) is 6.10. The fraction of sp³-hybridized carbons (Fsp3) is 0.421. The maximum absolute atomic E-state index is 12.3. The zero-order valence-corrected chi connectivity index (χ0v) is 14.7. The molecule has 0 spiro atoms. The van der Waals surface area contributed by atoms with Crippen LogP contribution in [-0.4, -0.2) is 63.2 Å². The summed E-state index contributed by atoms with van der Waals surface area (Å²) in [5.74, 6) is -1.60. The Kier molecular flexibility index (Phi) is 6.20. The quantitative estimate of drug-likeness (QED) is 0.258. The van der Waals surface area contributed by atoms with Crippen LogP contribution >= 0.6 is 0 Å². The Morgan fingerprint density at radius 3 is 2.26 bits per heavy atom. The fourth-order valence-corrected chi connectivity index (χ4v) is 2.27. The molecule has 27 heavy (non-hydrogen) atoms. The molecular formula is C19H20O8. The molecule has 2 heterocycles. The SMILES string of the molecule is C=CC(=O)OCCc1cc(C(=O)OCC2CO2)ccc1C(=O)OCC1CO1. The van der Waals surface area contributed by atoms with E-state index in [1.54, 1.807) is 6.07 Å². The summed E-state index contributed by atoms with van der Waals surface area (Å²) in [6, 6.07) is 4.55. The summed E-state index contributed by atoms with van der Waals surface area (Å²) in [4.78, 5) is 35.7. The Labute approximate surface area is 156 Å². The van der Waals surface area contributed by atoms with Crippen LogP contribution in [0.25, 0.3) is 0 Å². The van der Waals surface area contributed by atoms with Crippen LogP contribution in [0.5, 0.6) is 0 Å². The van der Waals surface area contributed by atoms with Crippen molar-refractivity contribution in [2.75, 3.05) is 33.0 Å². The van der Waals surface area contributed by atoms with E-state index in [0.29, 0.717) is 29.9 Å². The summed E-state index contributed by atoms with van der Waals surface area (Å²) in [7, 11) is 0. The summed E-state index contributed by atoms with van der Waals surface area (Å²) in [6.45, 7) is 4.89. The minimum absolute atomic E-state index is 0.0330. The van der Waals surface area contributed by atoms with E-state index in [1.165, 1.54) is 12.1 Å². The van der Waals surface area contributed by atoms with Crippen molar-refractivity contribution in [2.45, 2.75) is 18.6 Å². The van der Waals surface area contributed by atoms with Gasteiger partial charge in [-0.3, -0.25) is 0 Å². The van der Waals surface area contributed by atoms with Crippen molar-refractivity contribution in [3.05, 3.63) is 47.5 Å². The summed E-state index contributed by atoms with van der Waals surface area (Å²) in [6.07, 6.45) is 1.20. The highest BCUT2D eigenvalue weighted by Gasteiger charge is 2.26. The zero-order chi connectivity index (χ0) is 19.2. The normalized spacial score (nSPS) is 19.7.